The molecule has 0 bridgehead atoms. The van der Waals surface area contributed by atoms with Crippen LogP contribution in [-0.4, -0.2) is 396 Å². The van der Waals surface area contributed by atoms with Crippen LogP contribution in [0.2, 0.25) is 0 Å². The first kappa shape index (κ1) is 119. The summed E-state index contributed by atoms with van der Waals surface area (Å²) in [4.78, 5) is 78.7. The van der Waals surface area contributed by atoms with Gasteiger partial charge < -0.3 is 185 Å². The molecule has 43 nitrogen and oxygen atoms in total. The summed E-state index contributed by atoms with van der Waals surface area (Å²) in [5.74, 6) is -14.5. The highest BCUT2D eigenvalue weighted by molar-refractivity contribution is 5.78. The van der Waals surface area contributed by atoms with E-state index in [0.29, 0.717) is 12.8 Å². The number of aliphatic hydroxyl groups is 19. The molecule has 135 heavy (non-hydrogen) atoms. The lowest BCUT2D eigenvalue weighted by Gasteiger charge is -2.52. The number of carbonyl (C=O) groups is 6. The van der Waals surface area contributed by atoms with Gasteiger partial charge >= 0.3 is 11.9 Å². The highest BCUT2D eigenvalue weighted by Gasteiger charge is 2.64. The predicted octanol–water partition coefficient (Wildman–Crippen LogP) is -0.972. The van der Waals surface area contributed by atoms with Crippen molar-refractivity contribution in [2.45, 2.75) is 473 Å². The normalized spacial score (nSPS) is 33.8. The lowest BCUT2D eigenvalue weighted by molar-refractivity contribution is -0.391. The van der Waals surface area contributed by atoms with E-state index in [2.05, 4.69) is 47.3 Å². The number of allylic oxidation sites excluding steroid dienone is 3. The van der Waals surface area contributed by atoms with E-state index in [1.807, 2.05) is 6.08 Å². The number of hydrogen-bond donors (Lipinski definition) is 25. The van der Waals surface area contributed by atoms with Crippen LogP contribution in [0.3, 0.4) is 0 Å². The fourth-order valence-electron chi connectivity index (χ4n) is 18.0. The van der Waals surface area contributed by atoms with Crippen molar-refractivity contribution < 1.29 is 193 Å². The first-order valence-electron chi connectivity index (χ1n) is 48.9. The van der Waals surface area contributed by atoms with E-state index in [9.17, 15) is 136 Å². The molecule has 0 radical (unpaired) electrons. The maximum atomic E-state index is 13.7. The molecular weight excluding hydrogens is 1790 g/mol. The van der Waals surface area contributed by atoms with E-state index in [0.717, 1.165) is 85.0 Å². The van der Waals surface area contributed by atoms with Gasteiger partial charge in [-0.2, -0.15) is 0 Å². The molecule has 4 amide bonds. The Bertz CT molecular complexity index is 3400. The fraction of sp³-hybridized carbons (Fsp3) is 0.891. The van der Waals surface area contributed by atoms with Crippen LogP contribution in [0.15, 0.2) is 24.3 Å². The average molecular weight is 1950 g/mol. The molecule has 25 N–H and O–H groups in total. The van der Waals surface area contributed by atoms with Crippen molar-refractivity contribution in [3.05, 3.63) is 24.3 Å². The largest absolute Gasteiger partial charge is 0.477 e. The Morgan fingerprint density at radius 2 is 0.778 bits per heavy atom. The third-order valence-electron chi connectivity index (χ3n) is 25.8. The van der Waals surface area contributed by atoms with E-state index < -0.39 is 296 Å². The number of unbranched alkanes of at least 4 members (excludes halogenated alkanes) is 30. The van der Waals surface area contributed by atoms with Crippen molar-refractivity contribution in [2.75, 3.05) is 46.2 Å². The second kappa shape index (κ2) is 62.5. The molecule has 34 atom stereocenters. The number of rotatable bonds is 66. The molecule has 6 aliphatic heterocycles. The molecule has 43 heteroatoms. The Labute approximate surface area is 790 Å². The second-order valence-corrected chi connectivity index (χ2v) is 36.7. The van der Waals surface area contributed by atoms with Crippen molar-refractivity contribution >= 4 is 35.6 Å². The molecule has 6 heterocycles. The smallest absolute Gasteiger partial charge is 0.364 e. The quantitative estimate of drug-likeness (QED) is 0.0257. The van der Waals surface area contributed by atoms with Crippen molar-refractivity contribution in [3.8, 4) is 0 Å². The van der Waals surface area contributed by atoms with Gasteiger partial charge in [0.2, 0.25) is 23.6 Å². The summed E-state index contributed by atoms with van der Waals surface area (Å²) in [7, 11) is 0. The van der Waals surface area contributed by atoms with E-state index >= 15 is 0 Å². The lowest BCUT2D eigenvalue weighted by atomic mass is 9.87. The summed E-state index contributed by atoms with van der Waals surface area (Å²) in [6, 6.07) is -6.84. The molecule has 0 aromatic carbocycles. The number of carbonyl (C=O) groups excluding carboxylic acids is 4. The van der Waals surface area contributed by atoms with Gasteiger partial charge in [0.05, 0.1) is 82.7 Å². The third kappa shape index (κ3) is 36.8. The number of nitrogens with one attached hydrogen (secondary N) is 4. The molecular formula is C92H162N4O39. The summed E-state index contributed by atoms with van der Waals surface area (Å²) in [6.07, 6.45) is -16.7. The first-order chi connectivity index (χ1) is 64.6. The molecule has 6 fully saturated rings. The fourth-order valence-corrected chi connectivity index (χ4v) is 18.0. The number of hydrogen-bond acceptors (Lipinski definition) is 37. The summed E-state index contributed by atoms with van der Waals surface area (Å²) in [5.41, 5.74) is 0. The molecule has 6 aliphatic rings. The van der Waals surface area contributed by atoms with E-state index in [1.165, 1.54) is 135 Å². The Morgan fingerprint density at radius 1 is 0.400 bits per heavy atom. The van der Waals surface area contributed by atoms with Crippen LogP contribution in [0.25, 0.3) is 0 Å². The second-order valence-electron chi connectivity index (χ2n) is 36.7. The van der Waals surface area contributed by atoms with Gasteiger partial charge in [0.15, 0.2) is 25.2 Å². The summed E-state index contributed by atoms with van der Waals surface area (Å²) in [6.45, 7) is -0.495. The molecule has 0 spiro atoms. The third-order valence-corrected chi connectivity index (χ3v) is 25.8. The standard InChI is InChI=1S/C92H162N4O39/c1-6-8-10-12-14-16-18-20-21-22-23-24-25-26-27-28-29-31-33-35-37-39-41-43-66(110)96-56(57(106)42-40-38-36-34-32-30-19-17-15-13-11-9-7-2)52-124-86-76(117)75(116)80(65(51-102)128-86)130-87-77(118)83(71(112)61(47-98)125-87)131-85-69(95-55(5)105)74(115)79(64(50-101)127-85)129-88-78(119)84(72(113)62(48-99)126-88)135-92(90(122)123)45-59(108)68(94-54(4)104)82(134-92)73(114)63(49-100)132-91(89(120)121)44-58(107)67(93-53(3)103)81(133-91)70(111)60(109)46-97/h20-21,40,42,56-65,67-88,97-102,106-109,111-119H,6-19,22-39,41,43-52H2,1-5H3,(H,93,103)(H,94,104)(H,95,105)(H,96,110)(H,120,121)(H,122,123)/b21-20-,42-40+/t56-,57+,58?,59?,60+,61?,62?,63+,64?,65?,67+,68+,69?,70+,71-,72-,73+,74+,75+,76?,77?,78?,79+,80+,81?,82?,83-,84-,85-,86+,87-,88-,91+,92-/m0/s1. The van der Waals surface area contributed by atoms with Gasteiger partial charge in [-0.25, -0.2) is 9.59 Å². The maximum Gasteiger partial charge on any atom is 0.364 e. The molecule has 0 aliphatic carbocycles. The zero-order chi connectivity index (χ0) is 99.5. The van der Waals surface area contributed by atoms with Crippen LogP contribution in [0, 0.1) is 0 Å². The SMILES string of the molecule is CCCCCCCC/C=C\CCCCCCCCCCCCCCCC(=O)N[C@@H](CO[C@@H]1OC(CO)[C@@H](O[C@@H]2OC(CO)[C@H](O)[C@H](O[C@@H]3OC(CO)[C@@H](O[C@@H]4OC(CO)[C@H](O)[C@H](O[C@]5(C(=O)O)CC(O)[C@@H](NC(C)=O)C([C@H](O)[C@@H](CO)O[C@]6(C(=O)O)CC(O)[C@@H](NC(C)=O)C([C@H](O)[C@H](O)CO)O6)O5)C4O)[C@H](O)C3NC(C)=O)C2O)[C@H](O)C1O)[C@H](O)/C=C/CCCCCCCCCCCCC. The minimum Gasteiger partial charge on any atom is -0.477 e. The topological polar surface area (TPSA) is 686 Å². The zero-order valence-electron chi connectivity index (χ0n) is 78.9. The van der Waals surface area contributed by atoms with Gasteiger partial charge in [0.25, 0.3) is 11.6 Å². The number of carboxylic acids is 2. The zero-order valence-corrected chi connectivity index (χ0v) is 78.9. The Hall–Kier alpha value is -4.94. The van der Waals surface area contributed by atoms with Gasteiger partial charge in [-0.15, -0.1) is 0 Å². The minimum atomic E-state index is -3.51. The summed E-state index contributed by atoms with van der Waals surface area (Å²) >= 11 is 0. The van der Waals surface area contributed by atoms with Crippen LogP contribution >= 0.6 is 0 Å². The summed E-state index contributed by atoms with van der Waals surface area (Å²) in [5, 5.41) is 247. The molecule has 0 aromatic heterocycles. The van der Waals surface area contributed by atoms with Crippen molar-refractivity contribution in [1.82, 2.24) is 21.3 Å². The summed E-state index contributed by atoms with van der Waals surface area (Å²) < 4.78 is 70.7. The molecule has 0 saturated carbocycles. The van der Waals surface area contributed by atoms with Crippen LogP contribution in [0.5, 0.6) is 0 Å². The number of aliphatic hydroxyl groups excluding tert-OH is 19. The lowest BCUT2D eigenvalue weighted by Crippen LogP contribution is -2.72. The molecule has 0 aromatic rings. The van der Waals surface area contributed by atoms with Crippen LogP contribution in [0.4, 0.5) is 0 Å². The molecule has 6 saturated heterocycles. The van der Waals surface area contributed by atoms with Gasteiger partial charge in [-0.1, -0.05) is 205 Å². The minimum absolute atomic E-state index is 0.143. The van der Waals surface area contributed by atoms with E-state index in [4.69, 9.17) is 56.8 Å². The van der Waals surface area contributed by atoms with Crippen molar-refractivity contribution in [1.29, 1.82) is 0 Å². The van der Waals surface area contributed by atoms with Gasteiger partial charge in [-0.05, 0) is 44.9 Å². The monoisotopic (exact) mass is 1950 g/mol. The molecule has 6 rings (SSSR count). The van der Waals surface area contributed by atoms with Crippen LogP contribution in [-0.2, 0) is 85.6 Å². The maximum absolute atomic E-state index is 13.7. The van der Waals surface area contributed by atoms with Crippen molar-refractivity contribution in [2.24, 2.45) is 0 Å². The number of amides is 4. The first-order valence-corrected chi connectivity index (χ1v) is 48.9. The molecule has 784 valence electrons. The number of carboxylic acid groups (broad SMARTS) is 2. The number of ether oxygens (including phenoxy) is 12. The van der Waals surface area contributed by atoms with Crippen molar-refractivity contribution in [3.63, 3.8) is 0 Å². The van der Waals surface area contributed by atoms with Crippen LogP contribution < -0.4 is 21.3 Å². The molecule has 12 unspecified atom stereocenters. The Morgan fingerprint density at radius 3 is 1.21 bits per heavy atom. The van der Waals surface area contributed by atoms with Gasteiger partial charge in [0, 0.05) is 40.0 Å². The highest BCUT2D eigenvalue weighted by atomic mass is 16.8. The predicted molar refractivity (Wildman–Crippen MR) is 477 cm³/mol. The van der Waals surface area contributed by atoms with Crippen LogP contribution in [0.1, 0.15) is 266 Å². The average Bonchev–Trinajstić information content (AvgIpc) is 0.701. The van der Waals surface area contributed by atoms with E-state index in [-0.39, 0.29) is 12.3 Å². The van der Waals surface area contributed by atoms with Gasteiger partial charge in [0.1, 0.15) is 134 Å². The highest BCUT2D eigenvalue weighted by Crippen LogP contribution is 2.43. The Kier molecular flexibility index (Phi) is 55.0. The van der Waals surface area contributed by atoms with Gasteiger partial charge in [-0.3, -0.25) is 19.2 Å². The Balaban J connectivity index is 1.11. The van der Waals surface area contributed by atoms with E-state index in [1.54, 1.807) is 6.08 Å². The number of aliphatic carboxylic acids is 2.